The molecular weight excluding hydrogens is 369 g/mol. The summed E-state index contributed by atoms with van der Waals surface area (Å²) in [7, 11) is 0. The molecule has 0 aliphatic carbocycles. The first-order valence-corrected chi connectivity index (χ1v) is 8.17. The highest BCUT2D eigenvalue weighted by atomic mass is 19.4. The number of H-pyrrole nitrogens is 1. The Kier molecular flexibility index (Phi) is 4.07. The Bertz CT molecular complexity index is 1230. The highest BCUT2D eigenvalue weighted by molar-refractivity contribution is 6.25. The minimum absolute atomic E-state index is 0.0548. The van der Waals surface area contributed by atoms with E-state index >= 15 is 0 Å². The molecule has 0 aliphatic heterocycles. The summed E-state index contributed by atoms with van der Waals surface area (Å²) >= 11 is 0. The van der Waals surface area contributed by atoms with Crippen molar-refractivity contribution in [2.45, 2.75) is 6.18 Å². The number of benzene rings is 1. The minimum atomic E-state index is -4.85. The molecule has 3 heterocycles. The van der Waals surface area contributed by atoms with E-state index in [0.717, 1.165) is 17.1 Å². The van der Waals surface area contributed by atoms with E-state index in [1.165, 1.54) is 6.07 Å². The van der Waals surface area contributed by atoms with E-state index < -0.39 is 17.5 Å². The maximum atomic E-state index is 13.1. The van der Waals surface area contributed by atoms with Crippen LogP contribution in [0.5, 0.6) is 0 Å². The van der Waals surface area contributed by atoms with Crippen molar-refractivity contribution >= 4 is 33.1 Å². The van der Waals surface area contributed by atoms with Crippen molar-refractivity contribution in [1.82, 2.24) is 20.2 Å². The molecule has 9 heteroatoms. The molecule has 0 radical (unpaired) electrons. The zero-order chi connectivity index (χ0) is 19.9. The lowest BCUT2D eigenvalue weighted by Crippen LogP contribution is -2.24. The van der Waals surface area contributed by atoms with E-state index in [1.807, 2.05) is 0 Å². The summed E-state index contributed by atoms with van der Waals surface area (Å²) in [5.41, 5.74) is 5.66. The summed E-state index contributed by atoms with van der Waals surface area (Å²) in [5.74, 6) is 0. The van der Waals surface area contributed by atoms with Crippen LogP contribution in [0.2, 0.25) is 0 Å². The highest BCUT2D eigenvalue weighted by Gasteiger charge is 2.37. The monoisotopic (exact) mass is 382 g/mol. The molecule has 4 N–H and O–H groups in total. The van der Waals surface area contributed by atoms with Gasteiger partial charge in [-0.25, -0.2) is 4.98 Å². The maximum Gasteiger partial charge on any atom is 0.433 e. The number of aromatic nitrogens is 4. The molecule has 0 aliphatic rings. The van der Waals surface area contributed by atoms with Crippen LogP contribution in [-0.4, -0.2) is 32.1 Å². The molecule has 4 rings (SSSR count). The molecule has 140 valence electrons. The van der Waals surface area contributed by atoms with Crippen molar-refractivity contribution in [3.63, 3.8) is 0 Å². The van der Waals surface area contributed by atoms with Crippen molar-refractivity contribution in [2.75, 3.05) is 0 Å². The Morgan fingerprint density at radius 2 is 2.00 bits per heavy atom. The Labute approximate surface area is 156 Å². The summed E-state index contributed by atoms with van der Waals surface area (Å²) in [5, 5.41) is 15.8. The second-order valence-corrected chi connectivity index (χ2v) is 6.01. The summed E-state index contributed by atoms with van der Waals surface area (Å²) in [4.78, 5) is 8.66. The first-order valence-electron chi connectivity index (χ1n) is 8.17. The molecule has 4 aromatic rings. The van der Waals surface area contributed by atoms with Crippen LogP contribution >= 0.6 is 0 Å². The van der Waals surface area contributed by atoms with E-state index in [4.69, 9.17) is 11.1 Å². The third-order valence-corrected chi connectivity index (χ3v) is 4.33. The van der Waals surface area contributed by atoms with Crippen molar-refractivity contribution in [3.8, 4) is 11.3 Å². The topological polar surface area (TPSA) is 104 Å². The Balaban J connectivity index is 2.06. The van der Waals surface area contributed by atoms with E-state index in [0.29, 0.717) is 22.2 Å². The van der Waals surface area contributed by atoms with E-state index in [1.54, 1.807) is 42.7 Å². The molecule has 1 aromatic carbocycles. The average molecular weight is 382 g/mol. The third kappa shape index (κ3) is 2.86. The van der Waals surface area contributed by atoms with E-state index in [2.05, 4.69) is 20.2 Å². The van der Waals surface area contributed by atoms with Gasteiger partial charge in [-0.05, 0) is 30.3 Å². The van der Waals surface area contributed by atoms with Gasteiger partial charge in [0.1, 0.15) is 5.71 Å². The van der Waals surface area contributed by atoms with Gasteiger partial charge in [-0.2, -0.15) is 18.3 Å². The van der Waals surface area contributed by atoms with Crippen molar-refractivity contribution in [1.29, 1.82) is 5.41 Å². The number of hydrogen-bond donors (Lipinski definition) is 3. The van der Waals surface area contributed by atoms with Crippen molar-refractivity contribution in [2.24, 2.45) is 5.73 Å². The number of nitrogens with zero attached hydrogens (tertiary/aromatic N) is 3. The van der Waals surface area contributed by atoms with E-state index in [9.17, 15) is 13.2 Å². The highest BCUT2D eigenvalue weighted by Crippen LogP contribution is 2.35. The summed E-state index contributed by atoms with van der Waals surface area (Å²) in [6.07, 6.45) is -0.874. The lowest BCUT2D eigenvalue weighted by atomic mass is 9.98. The van der Waals surface area contributed by atoms with Crippen molar-refractivity contribution in [3.05, 3.63) is 60.7 Å². The molecule has 0 spiro atoms. The molecule has 0 atom stereocenters. The second kappa shape index (κ2) is 6.45. The number of allylic oxidation sites excluding steroid dienone is 1. The number of nitrogens with one attached hydrogen (secondary N) is 2. The largest absolute Gasteiger partial charge is 0.433 e. The van der Waals surface area contributed by atoms with Gasteiger partial charge >= 0.3 is 6.18 Å². The Hall–Kier alpha value is -3.75. The van der Waals surface area contributed by atoms with Gasteiger partial charge in [0.2, 0.25) is 0 Å². The summed E-state index contributed by atoms with van der Waals surface area (Å²) in [6, 6.07) is 10.2. The number of aromatic amines is 1. The number of alkyl halides is 3. The lowest BCUT2D eigenvalue weighted by Gasteiger charge is -2.14. The number of nitrogens with two attached hydrogens (primary N) is 1. The fourth-order valence-corrected chi connectivity index (χ4v) is 3.06. The average Bonchev–Trinajstić information content (AvgIpc) is 3.16. The summed E-state index contributed by atoms with van der Waals surface area (Å²) in [6.45, 7) is 0. The fraction of sp³-hybridized carbons (Fsp3) is 0.0526. The predicted molar refractivity (Wildman–Crippen MR) is 101 cm³/mol. The lowest BCUT2D eigenvalue weighted by molar-refractivity contribution is -0.0578. The normalized spacial score (nSPS) is 12.6. The van der Waals surface area contributed by atoms with Gasteiger partial charge in [0.15, 0.2) is 0 Å². The maximum absolute atomic E-state index is 13.1. The van der Waals surface area contributed by atoms with Gasteiger partial charge in [0.25, 0.3) is 0 Å². The molecule has 3 aromatic heterocycles. The van der Waals surface area contributed by atoms with Crippen LogP contribution in [0.1, 0.15) is 5.69 Å². The van der Waals surface area contributed by atoms with Crippen LogP contribution in [0.3, 0.4) is 0 Å². The number of halogens is 3. The van der Waals surface area contributed by atoms with Crippen LogP contribution in [0.4, 0.5) is 13.2 Å². The standard InChI is InChI=1S/C19H13F3N6/c20-19(21,22)18(24)11(8-23)16-7-10(13-3-1-2-6-25-13)17-12-9-26-28-14(12)4-5-15(17)27-16/h1-9,24H,23H2,(H,26,28)/b11-8-,24-18?. The Morgan fingerprint density at radius 3 is 2.68 bits per heavy atom. The molecule has 6 nitrogen and oxygen atoms in total. The molecule has 0 saturated carbocycles. The van der Waals surface area contributed by atoms with Gasteiger partial charge < -0.3 is 5.73 Å². The van der Waals surface area contributed by atoms with Crippen LogP contribution in [0.25, 0.3) is 38.6 Å². The first kappa shape index (κ1) is 17.7. The van der Waals surface area contributed by atoms with Gasteiger partial charge in [0, 0.05) is 34.3 Å². The van der Waals surface area contributed by atoms with Crippen LogP contribution in [0, 0.1) is 5.41 Å². The SMILES string of the molecule is N=C(/C(=C\N)c1cc(-c2ccccn2)c2c(ccc3[nH]ncc32)n1)C(F)(F)F. The molecule has 0 bridgehead atoms. The molecule has 0 amide bonds. The number of rotatable bonds is 3. The molecular formula is C19H13F3N6. The van der Waals surface area contributed by atoms with Gasteiger partial charge in [-0.15, -0.1) is 0 Å². The zero-order valence-electron chi connectivity index (χ0n) is 14.2. The zero-order valence-corrected chi connectivity index (χ0v) is 14.2. The smallest absolute Gasteiger partial charge is 0.404 e. The first-order chi connectivity index (χ1) is 13.4. The fourth-order valence-electron chi connectivity index (χ4n) is 3.06. The van der Waals surface area contributed by atoms with E-state index in [-0.39, 0.29) is 5.69 Å². The molecule has 0 fully saturated rings. The van der Waals surface area contributed by atoms with Gasteiger partial charge in [-0.1, -0.05) is 6.07 Å². The van der Waals surface area contributed by atoms with Crippen LogP contribution in [-0.2, 0) is 0 Å². The van der Waals surface area contributed by atoms with Crippen LogP contribution in [0.15, 0.2) is 55.0 Å². The number of hydrogen-bond acceptors (Lipinski definition) is 5. The number of fused-ring (bicyclic) bond motifs is 3. The molecule has 0 unspecified atom stereocenters. The van der Waals surface area contributed by atoms with Gasteiger partial charge in [-0.3, -0.25) is 15.5 Å². The quantitative estimate of drug-likeness (QED) is 0.465. The Morgan fingerprint density at radius 1 is 1.18 bits per heavy atom. The van der Waals surface area contributed by atoms with Crippen LogP contribution < -0.4 is 5.73 Å². The third-order valence-electron chi connectivity index (χ3n) is 4.33. The second-order valence-electron chi connectivity index (χ2n) is 6.01. The molecule has 28 heavy (non-hydrogen) atoms. The van der Waals surface area contributed by atoms with Crippen molar-refractivity contribution < 1.29 is 13.2 Å². The number of pyridine rings is 2. The van der Waals surface area contributed by atoms with Gasteiger partial charge in [0.05, 0.1) is 28.6 Å². The predicted octanol–water partition coefficient (Wildman–Crippen LogP) is 4.05. The molecule has 0 saturated heterocycles. The minimum Gasteiger partial charge on any atom is -0.404 e. The summed E-state index contributed by atoms with van der Waals surface area (Å²) < 4.78 is 39.3.